The largest absolute Gasteiger partial charge is 0.481 e. The van der Waals surface area contributed by atoms with Crippen LogP contribution in [0.25, 0.3) is 0 Å². The second-order valence-electron chi connectivity index (χ2n) is 5.86. The van der Waals surface area contributed by atoms with Crippen LogP contribution in [0.5, 0.6) is 0 Å². The smallest absolute Gasteiger partial charge is 0.305 e. The Morgan fingerprint density at radius 1 is 1.56 bits per heavy atom. The number of carboxylic acid groups (broad SMARTS) is 1. The average molecular weight is 269 g/mol. The lowest BCUT2D eigenvalue weighted by Gasteiger charge is -2.15. The lowest BCUT2D eigenvalue weighted by Crippen LogP contribution is -2.25. The third-order valence-corrected chi connectivity index (χ3v) is 3.64. The molecule has 0 spiro atoms. The van der Waals surface area contributed by atoms with E-state index >= 15 is 0 Å². The van der Waals surface area contributed by atoms with E-state index in [1.54, 1.807) is 0 Å². The van der Waals surface area contributed by atoms with Crippen LogP contribution >= 0.6 is 11.5 Å². The van der Waals surface area contributed by atoms with Gasteiger partial charge in [0.2, 0.25) is 5.13 Å². The van der Waals surface area contributed by atoms with Crippen LogP contribution in [0.1, 0.15) is 45.9 Å². The predicted molar refractivity (Wildman–Crippen MR) is 71.0 cm³/mol. The molecule has 1 aliphatic rings. The number of hydrogen-bond acceptors (Lipinski definition) is 5. The van der Waals surface area contributed by atoms with Crippen molar-refractivity contribution in [2.45, 2.75) is 51.5 Å². The molecule has 0 aliphatic heterocycles. The minimum absolute atomic E-state index is 0.0109. The van der Waals surface area contributed by atoms with Crippen molar-refractivity contribution in [3.05, 3.63) is 5.82 Å². The molecule has 1 saturated carbocycles. The first kappa shape index (κ1) is 13.3. The highest BCUT2D eigenvalue weighted by atomic mass is 32.1. The van der Waals surface area contributed by atoms with Crippen LogP contribution in [-0.4, -0.2) is 26.5 Å². The van der Waals surface area contributed by atoms with Crippen LogP contribution in [0.4, 0.5) is 5.13 Å². The Kier molecular flexibility index (Phi) is 3.56. The fraction of sp³-hybridized carbons (Fsp3) is 0.750. The molecule has 2 N–H and O–H groups in total. The van der Waals surface area contributed by atoms with Gasteiger partial charge in [-0.2, -0.15) is 4.37 Å². The van der Waals surface area contributed by atoms with E-state index < -0.39 is 5.97 Å². The van der Waals surface area contributed by atoms with E-state index in [2.05, 4.69) is 35.4 Å². The molecule has 1 atom stereocenters. The Morgan fingerprint density at radius 2 is 2.22 bits per heavy atom. The van der Waals surface area contributed by atoms with Crippen molar-refractivity contribution in [3.63, 3.8) is 0 Å². The Labute approximate surface area is 111 Å². The highest BCUT2D eigenvalue weighted by Gasteiger charge is 2.33. The summed E-state index contributed by atoms with van der Waals surface area (Å²) in [6, 6.07) is -0.0109. The molecule has 1 aliphatic carbocycles. The van der Waals surface area contributed by atoms with Gasteiger partial charge in [0, 0.05) is 23.0 Å². The molecule has 1 aromatic rings. The number of aliphatic carboxylic acids is 1. The zero-order valence-corrected chi connectivity index (χ0v) is 11.8. The summed E-state index contributed by atoms with van der Waals surface area (Å²) in [6.45, 7) is 6.19. The maximum absolute atomic E-state index is 10.8. The van der Waals surface area contributed by atoms with E-state index in [0.717, 1.165) is 23.8 Å². The van der Waals surface area contributed by atoms with Crippen molar-refractivity contribution >= 4 is 22.6 Å². The minimum atomic E-state index is -0.764. The number of carboxylic acids is 1. The highest BCUT2D eigenvalue weighted by Crippen LogP contribution is 2.36. The number of rotatable bonds is 5. The molecule has 100 valence electrons. The maximum Gasteiger partial charge on any atom is 0.305 e. The molecular weight excluding hydrogens is 250 g/mol. The molecule has 0 radical (unpaired) electrons. The lowest BCUT2D eigenvalue weighted by molar-refractivity contribution is -0.137. The van der Waals surface area contributed by atoms with Gasteiger partial charge in [-0.3, -0.25) is 4.79 Å². The third kappa shape index (κ3) is 3.41. The quantitative estimate of drug-likeness (QED) is 0.859. The first-order chi connectivity index (χ1) is 8.36. The normalized spacial score (nSPS) is 17.5. The zero-order chi connectivity index (χ0) is 13.3. The van der Waals surface area contributed by atoms with Gasteiger partial charge in [0.15, 0.2) is 0 Å². The van der Waals surface area contributed by atoms with Gasteiger partial charge < -0.3 is 10.4 Å². The summed E-state index contributed by atoms with van der Waals surface area (Å²) in [5.74, 6) is 0.517. The Bertz CT molecular complexity index is 435. The van der Waals surface area contributed by atoms with Crippen LogP contribution in [0, 0.1) is 5.92 Å². The molecule has 5 nitrogen and oxygen atoms in total. The van der Waals surface area contributed by atoms with Gasteiger partial charge in [0.05, 0.1) is 6.42 Å². The average Bonchev–Trinajstić information content (AvgIpc) is 2.96. The van der Waals surface area contributed by atoms with Gasteiger partial charge in [0.1, 0.15) is 5.82 Å². The maximum atomic E-state index is 10.8. The molecule has 2 rings (SSSR count). The molecule has 1 unspecified atom stereocenters. The summed E-state index contributed by atoms with van der Waals surface area (Å²) in [7, 11) is 0. The summed E-state index contributed by atoms with van der Waals surface area (Å²) in [5.41, 5.74) is -0.0711. The number of nitrogens with one attached hydrogen (secondary N) is 1. The van der Waals surface area contributed by atoms with Crippen LogP contribution < -0.4 is 5.32 Å². The molecule has 0 bridgehead atoms. The highest BCUT2D eigenvalue weighted by molar-refractivity contribution is 7.09. The number of carbonyl (C=O) groups is 1. The number of aromatic nitrogens is 2. The van der Waals surface area contributed by atoms with E-state index in [1.807, 2.05) is 0 Å². The topological polar surface area (TPSA) is 75.1 Å². The summed E-state index contributed by atoms with van der Waals surface area (Å²) in [4.78, 5) is 15.3. The molecule has 0 aromatic carbocycles. The molecule has 1 fully saturated rings. The molecular formula is C12H19N3O2S. The van der Waals surface area contributed by atoms with Crippen LogP contribution in [0.2, 0.25) is 0 Å². The fourth-order valence-electron chi connectivity index (χ4n) is 1.77. The Hall–Kier alpha value is -1.17. The van der Waals surface area contributed by atoms with Crippen molar-refractivity contribution in [1.29, 1.82) is 0 Å². The first-order valence-electron chi connectivity index (χ1n) is 6.19. The van der Waals surface area contributed by atoms with Gasteiger partial charge >= 0.3 is 5.97 Å². The summed E-state index contributed by atoms with van der Waals surface area (Å²) in [5, 5.41) is 12.9. The summed E-state index contributed by atoms with van der Waals surface area (Å²) < 4.78 is 4.32. The number of nitrogens with zero attached hydrogens (tertiary/aromatic N) is 2. The molecule has 18 heavy (non-hydrogen) atoms. The Morgan fingerprint density at radius 3 is 2.67 bits per heavy atom. The van der Waals surface area contributed by atoms with E-state index in [4.69, 9.17) is 5.11 Å². The van der Waals surface area contributed by atoms with E-state index in [9.17, 15) is 4.79 Å². The SMILES string of the molecule is CC(C)(C)c1nsc(NC(CC(=O)O)C2CC2)n1. The third-order valence-electron chi connectivity index (χ3n) is 2.99. The first-order valence-corrected chi connectivity index (χ1v) is 6.96. The molecule has 6 heteroatoms. The van der Waals surface area contributed by atoms with Crippen molar-refractivity contribution in [3.8, 4) is 0 Å². The van der Waals surface area contributed by atoms with E-state index in [-0.39, 0.29) is 17.9 Å². The van der Waals surface area contributed by atoms with Crippen molar-refractivity contribution in [2.75, 3.05) is 5.32 Å². The van der Waals surface area contributed by atoms with E-state index in [1.165, 1.54) is 11.5 Å². The predicted octanol–water partition coefficient (Wildman–Crippen LogP) is 2.50. The summed E-state index contributed by atoms with van der Waals surface area (Å²) >= 11 is 1.31. The summed E-state index contributed by atoms with van der Waals surface area (Å²) in [6.07, 6.45) is 2.36. The number of anilines is 1. The Balaban J connectivity index is 2.02. The van der Waals surface area contributed by atoms with Crippen LogP contribution in [0.15, 0.2) is 0 Å². The zero-order valence-electron chi connectivity index (χ0n) is 10.9. The minimum Gasteiger partial charge on any atom is -0.481 e. The number of hydrogen-bond donors (Lipinski definition) is 2. The van der Waals surface area contributed by atoms with Gasteiger partial charge in [-0.15, -0.1) is 0 Å². The van der Waals surface area contributed by atoms with Gasteiger partial charge in [-0.1, -0.05) is 20.8 Å². The monoisotopic (exact) mass is 269 g/mol. The molecule has 0 saturated heterocycles. The van der Waals surface area contributed by atoms with Crippen molar-refractivity contribution < 1.29 is 9.90 Å². The van der Waals surface area contributed by atoms with Gasteiger partial charge in [-0.05, 0) is 18.8 Å². The van der Waals surface area contributed by atoms with E-state index in [0.29, 0.717) is 5.92 Å². The molecule has 0 amide bonds. The second kappa shape index (κ2) is 4.84. The van der Waals surface area contributed by atoms with Crippen LogP contribution in [-0.2, 0) is 10.2 Å². The van der Waals surface area contributed by atoms with Gasteiger partial charge in [-0.25, -0.2) is 4.98 Å². The molecule has 1 heterocycles. The van der Waals surface area contributed by atoms with Crippen molar-refractivity contribution in [1.82, 2.24) is 9.36 Å². The second-order valence-corrected chi connectivity index (χ2v) is 6.61. The fourth-order valence-corrected chi connectivity index (χ4v) is 2.59. The molecule has 1 aromatic heterocycles. The van der Waals surface area contributed by atoms with Gasteiger partial charge in [0.25, 0.3) is 0 Å². The standard InChI is InChI=1S/C12H19N3O2S/c1-12(2,3)10-14-11(18-15-10)13-8(6-9(16)17)7-4-5-7/h7-8H,4-6H2,1-3H3,(H,16,17)(H,13,14,15). The lowest BCUT2D eigenvalue weighted by atomic mass is 9.96. The van der Waals surface area contributed by atoms with Crippen molar-refractivity contribution in [2.24, 2.45) is 5.92 Å². The van der Waals surface area contributed by atoms with Crippen LogP contribution in [0.3, 0.4) is 0 Å².